The molecule has 0 fully saturated rings. The van der Waals surface area contributed by atoms with Gasteiger partial charge < -0.3 is 4.57 Å². The fourth-order valence-corrected chi connectivity index (χ4v) is 4.13. The van der Waals surface area contributed by atoms with Crippen LogP contribution in [0, 0.1) is 12.3 Å². The van der Waals surface area contributed by atoms with Gasteiger partial charge in [-0.1, -0.05) is 17.3 Å². The van der Waals surface area contributed by atoms with Crippen molar-refractivity contribution in [3.8, 4) is 12.3 Å². The van der Waals surface area contributed by atoms with Gasteiger partial charge in [0.05, 0.1) is 21.7 Å². The van der Waals surface area contributed by atoms with Gasteiger partial charge in [0.2, 0.25) is 0 Å². The van der Waals surface area contributed by atoms with Gasteiger partial charge in [0.15, 0.2) is 14.6 Å². The fourth-order valence-electron chi connectivity index (χ4n) is 2.34. The predicted octanol–water partition coefficient (Wildman–Crippen LogP) is 1.21. The Morgan fingerprint density at radius 3 is 2.76 bits per heavy atom. The van der Waals surface area contributed by atoms with Crippen LogP contribution in [0.1, 0.15) is 10.5 Å². The van der Waals surface area contributed by atoms with Crippen molar-refractivity contribution in [3.05, 3.63) is 41.0 Å². The lowest BCUT2D eigenvalue weighted by Crippen LogP contribution is -2.17. The molecule has 0 N–H and O–H groups in total. The van der Waals surface area contributed by atoms with Gasteiger partial charge in [-0.15, -0.1) is 6.42 Å². The summed E-state index contributed by atoms with van der Waals surface area (Å²) in [6.45, 7) is 0.218. The average Bonchev–Trinajstić information content (AvgIpc) is 3.10. The van der Waals surface area contributed by atoms with Crippen molar-refractivity contribution in [2.24, 2.45) is 12.0 Å². The highest BCUT2D eigenvalue weighted by Gasteiger charge is 2.14. The van der Waals surface area contributed by atoms with Crippen molar-refractivity contribution in [2.45, 2.75) is 11.4 Å². The van der Waals surface area contributed by atoms with E-state index >= 15 is 0 Å². The molecule has 0 radical (unpaired) electrons. The average molecular weight is 374 g/mol. The van der Waals surface area contributed by atoms with Crippen molar-refractivity contribution in [1.29, 1.82) is 0 Å². The maximum atomic E-state index is 12.4. The monoisotopic (exact) mass is 374 g/mol. The van der Waals surface area contributed by atoms with E-state index in [1.165, 1.54) is 28.3 Å². The number of fused-ring (bicyclic) bond motifs is 1. The van der Waals surface area contributed by atoms with Crippen molar-refractivity contribution in [1.82, 2.24) is 14.3 Å². The van der Waals surface area contributed by atoms with Gasteiger partial charge >= 0.3 is 0 Å². The van der Waals surface area contributed by atoms with E-state index in [2.05, 4.69) is 16.0 Å². The molecular weight excluding hydrogens is 360 g/mol. The number of aryl methyl sites for hydroxylation is 1. The van der Waals surface area contributed by atoms with Gasteiger partial charge in [0.25, 0.3) is 5.91 Å². The summed E-state index contributed by atoms with van der Waals surface area (Å²) in [7, 11) is -1.67. The lowest BCUT2D eigenvalue weighted by atomic mass is 10.3. The number of amides is 1. The maximum Gasteiger partial charge on any atom is 0.297 e. The zero-order valence-corrected chi connectivity index (χ0v) is 15.1. The number of benzene rings is 1. The number of aromatic nitrogens is 3. The highest BCUT2D eigenvalue weighted by atomic mass is 32.2. The quantitative estimate of drug-likeness (QED) is 0.645. The lowest BCUT2D eigenvalue weighted by molar-refractivity contribution is 0.0989. The molecule has 1 amide bonds. The van der Waals surface area contributed by atoms with E-state index in [1.807, 2.05) is 0 Å². The minimum atomic E-state index is -3.33. The highest BCUT2D eigenvalue weighted by molar-refractivity contribution is 7.90. The molecule has 3 aromatic rings. The topological polar surface area (TPSA) is 86.3 Å². The second-order valence-electron chi connectivity index (χ2n) is 5.33. The number of hydrogen-bond acceptors (Lipinski definition) is 5. The van der Waals surface area contributed by atoms with Crippen LogP contribution < -0.4 is 4.80 Å². The van der Waals surface area contributed by atoms with Crippen molar-refractivity contribution >= 4 is 37.3 Å². The zero-order valence-electron chi connectivity index (χ0n) is 13.5. The summed E-state index contributed by atoms with van der Waals surface area (Å²) in [5.41, 5.74) is 1.08. The van der Waals surface area contributed by atoms with Crippen LogP contribution in [0.5, 0.6) is 0 Å². The SMILES string of the molecule is C#CCn1c(=NC(=O)c2ccnn2C)sc2cc(S(C)(=O)=O)ccc21. The number of rotatable bonds is 3. The molecule has 2 aromatic heterocycles. The molecule has 0 bridgehead atoms. The second-order valence-corrected chi connectivity index (χ2v) is 8.36. The summed E-state index contributed by atoms with van der Waals surface area (Å²) in [5, 5.41) is 3.95. The lowest BCUT2D eigenvalue weighted by Gasteiger charge is -2.01. The first-order valence-electron chi connectivity index (χ1n) is 7.15. The highest BCUT2D eigenvalue weighted by Crippen LogP contribution is 2.22. The molecule has 0 aliphatic rings. The van der Waals surface area contributed by atoms with Gasteiger partial charge in [-0.3, -0.25) is 9.48 Å². The molecule has 7 nitrogen and oxygen atoms in total. The molecule has 0 saturated carbocycles. The van der Waals surface area contributed by atoms with Gasteiger partial charge in [-0.25, -0.2) is 8.42 Å². The molecule has 3 rings (SSSR count). The summed E-state index contributed by atoms with van der Waals surface area (Å²) in [6.07, 6.45) is 8.09. The Morgan fingerprint density at radius 1 is 1.40 bits per heavy atom. The first-order chi connectivity index (χ1) is 11.8. The van der Waals surface area contributed by atoms with Crippen molar-refractivity contribution < 1.29 is 13.2 Å². The molecule has 9 heteroatoms. The third-order valence-electron chi connectivity index (χ3n) is 3.57. The van der Waals surface area contributed by atoms with Crippen LogP contribution in [0.25, 0.3) is 10.2 Å². The number of hydrogen-bond donors (Lipinski definition) is 0. The van der Waals surface area contributed by atoms with Crippen LogP contribution in [0.3, 0.4) is 0 Å². The minimum Gasteiger partial charge on any atom is -0.305 e. The minimum absolute atomic E-state index is 0.207. The first-order valence-corrected chi connectivity index (χ1v) is 9.86. The van der Waals surface area contributed by atoms with E-state index < -0.39 is 15.7 Å². The number of nitrogens with zero attached hydrogens (tertiary/aromatic N) is 4. The van der Waals surface area contributed by atoms with Crippen LogP contribution in [-0.2, 0) is 23.4 Å². The first kappa shape index (κ1) is 17.1. The Labute approximate surface area is 148 Å². The van der Waals surface area contributed by atoms with Crippen LogP contribution >= 0.6 is 11.3 Å². The molecule has 2 heterocycles. The van der Waals surface area contributed by atoms with Crippen molar-refractivity contribution in [2.75, 3.05) is 6.26 Å². The summed E-state index contributed by atoms with van der Waals surface area (Å²) >= 11 is 1.21. The van der Waals surface area contributed by atoms with Gasteiger partial charge in [0.1, 0.15) is 5.69 Å². The number of sulfone groups is 1. The molecule has 128 valence electrons. The predicted molar refractivity (Wildman–Crippen MR) is 94.9 cm³/mol. The Morgan fingerprint density at radius 2 is 2.16 bits per heavy atom. The number of terminal acetylenes is 1. The van der Waals surface area contributed by atoms with E-state index in [0.29, 0.717) is 15.2 Å². The number of carbonyl (C=O) groups is 1. The van der Waals surface area contributed by atoms with E-state index in [0.717, 1.165) is 11.8 Å². The Kier molecular flexibility index (Phi) is 4.32. The molecule has 0 spiro atoms. The number of carbonyl (C=O) groups excluding carboxylic acids is 1. The third kappa shape index (κ3) is 3.26. The Bertz CT molecular complexity index is 1190. The molecule has 25 heavy (non-hydrogen) atoms. The summed E-state index contributed by atoms with van der Waals surface area (Å²) < 4.78 is 27.3. The molecule has 0 aliphatic carbocycles. The molecule has 0 saturated heterocycles. The van der Waals surface area contributed by atoms with Crippen LogP contribution in [0.4, 0.5) is 0 Å². The zero-order chi connectivity index (χ0) is 18.2. The van der Waals surface area contributed by atoms with E-state index in [-0.39, 0.29) is 11.4 Å². The molecule has 0 atom stereocenters. The fraction of sp³-hybridized carbons (Fsp3) is 0.188. The van der Waals surface area contributed by atoms with E-state index in [1.54, 1.807) is 29.8 Å². The Balaban J connectivity index is 2.22. The summed E-state index contributed by atoms with van der Waals surface area (Å²) in [6, 6.07) is 6.33. The van der Waals surface area contributed by atoms with Crippen LogP contribution in [-0.4, -0.2) is 34.9 Å². The smallest absolute Gasteiger partial charge is 0.297 e. The molecule has 0 aliphatic heterocycles. The number of thiazole rings is 1. The third-order valence-corrected chi connectivity index (χ3v) is 5.72. The molecular formula is C16H14N4O3S2. The maximum absolute atomic E-state index is 12.4. The van der Waals surface area contributed by atoms with Crippen molar-refractivity contribution in [3.63, 3.8) is 0 Å². The van der Waals surface area contributed by atoms with Crippen LogP contribution in [0.15, 0.2) is 40.4 Å². The van der Waals surface area contributed by atoms with Gasteiger partial charge in [-0.05, 0) is 24.3 Å². The van der Waals surface area contributed by atoms with Gasteiger partial charge in [0, 0.05) is 19.5 Å². The van der Waals surface area contributed by atoms with E-state index in [9.17, 15) is 13.2 Å². The summed E-state index contributed by atoms with van der Waals surface area (Å²) in [4.78, 5) is 17.1. The Hall–Kier alpha value is -2.70. The summed E-state index contributed by atoms with van der Waals surface area (Å²) in [5.74, 6) is 2.09. The standard InChI is InChI=1S/C16H14N4O3S2/c1-4-9-20-12-6-5-11(25(3,22)23)10-14(12)24-16(20)18-15(21)13-7-8-17-19(13)2/h1,5-8,10H,9H2,2-3H3. The van der Waals surface area contributed by atoms with Crippen LogP contribution in [0.2, 0.25) is 0 Å². The van der Waals surface area contributed by atoms with Gasteiger partial charge in [-0.2, -0.15) is 10.1 Å². The molecule has 1 aromatic carbocycles. The largest absolute Gasteiger partial charge is 0.305 e. The molecule has 0 unspecified atom stereocenters. The van der Waals surface area contributed by atoms with E-state index in [4.69, 9.17) is 6.42 Å². The normalized spacial score (nSPS) is 12.4. The second kappa shape index (κ2) is 6.31.